The quantitative estimate of drug-likeness (QED) is 0.722. The van der Waals surface area contributed by atoms with Crippen molar-refractivity contribution in [3.63, 3.8) is 0 Å². The van der Waals surface area contributed by atoms with E-state index in [0.29, 0.717) is 26.1 Å². The van der Waals surface area contributed by atoms with Crippen LogP contribution in [0.1, 0.15) is 19.3 Å². The molecular weight excluding hydrogens is 337 g/mol. The highest BCUT2D eigenvalue weighted by Crippen LogP contribution is 2.14. The largest absolute Gasteiger partial charge is 0.411 e. The number of carbonyl (C=O) groups is 1. The highest BCUT2D eigenvalue weighted by Gasteiger charge is 2.27. The molecule has 2 aliphatic rings. The highest BCUT2D eigenvalue weighted by atomic mass is 19.4. The molecule has 0 aromatic carbocycles. The van der Waals surface area contributed by atoms with Crippen LogP contribution in [0, 0.1) is 0 Å². The molecule has 0 aromatic heterocycles. The predicted molar refractivity (Wildman–Crippen MR) is 88.6 cm³/mol. The second kappa shape index (κ2) is 9.59. The summed E-state index contributed by atoms with van der Waals surface area (Å²) in [5.74, 6) is 0. The summed E-state index contributed by atoms with van der Waals surface area (Å²) in [7, 11) is 2.06. The van der Waals surface area contributed by atoms with Gasteiger partial charge in [-0.1, -0.05) is 0 Å². The predicted octanol–water partition coefficient (Wildman–Crippen LogP) is 1.38. The van der Waals surface area contributed by atoms with Crippen LogP contribution in [0.5, 0.6) is 0 Å². The van der Waals surface area contributed by atoms with E-state index in [1.807, 2.05) is 4.90 Å². The molecule has 146 valence electrons. The summed E-state index contributed by atoms with van der Waals surface area (Å²) in [6.07, 6.45) is -1.57. The number of halogens is 3. The molecule has 0 radical (unpaired) electrons. The molecule has 2 amide bonds. The smallest absolute Gasteiger partial charge is 0.372 e. The molecule has 2 rings (SSSR count). The number of alkyl halides is 3. The Morgan fingerprint density at radius 3 is 2.56 bits per heavy atom. The van der Waals surface area contributed by atoms with Crippen LogP contribution in [0.2, 0.25) is 0 Å². The number of ether oxygens (including phenoxy) is 1. The van der Waals surface area contributed by atoms with Gasteiger partial charge in [-0.25, -0.2) is 4.79 Å². The van der Waals surface area contributed by atoms with Crippen molar-refractivity contribution in [1.29, 1.82) is 0 Å². The van der Waals surface area contributed by atoms with Crippen molar-refractivity contribution in [2.45, 2.75) is 31.5 Å². The summed E-state index contributed by atoms with van der Waals surface area (Å²) in [6.45, 7) is 4.39. The second-order valence-corrected chi connectivity index (χ2v) is 6.90. The Bertz CT molecular complexity index is 415. The zero-order valence-electron chi connectivity index (χ0n) is 14.9. The van der Waals surface area contributed by atoms with Crippen LogP contribution < -0.4 is 5.32 Å². The third-order valence-electron chi connectivity index (χ3n) is 4.64. The van der Waals surface area contributed by atoms with Gasteiger partial charge in [0.1, 0.15) is 6.61 Å². The first kappa shape index (κ1) is 20.3. The lowest BCUT2D eigenvalue weighted by Gasteiger charge is -2.37. The fourth-order valence-electron chi connectivity index (χ4n) is 3.30. The Morgan fingerprint density at radius 1 is 1.20 bits per heavy atom. The minimum absolute atomic E-state index is 0.00606. The van der Waals surface area contributed by atoms with Crippen molar-refractivity contribution in [3.8, 4) is 0 Å². The summed E-state index contributed by atoms with van der Waals surface area (Å²) < 4.78 is 40.5. The number of rotatable bonds is 6. The molecule has 9 heteroatoms. The van der Waals surface area contributed by atoms with E-state index in [1.54, 1.807) is 0 Å². The number of piperazine rings is 1. The fraction of sp³-hybridized carbons (Fsp3) is 0.938. The Labute approximate surface area is 147 Å². The van der Waals surface area contributed by atoms with Crippen molar-refractivity contribution >= 4 is 6.03 Å². The Balaban J connectivity index is 1.57. The van der Waals surface area contributed by atoms with E-state index in [9.17, 15) is 18.0 Å². The maximum absolute atomic E-state index is 12.3. The topological polar surface area (TPSA) is 48.1 Å². The summed E-state index contributed by atoms with van der Waals surface area (Å²) in [6, 6.07) is 0.212. The van der Waals surface area contributed by atoms with Gasteiger partial charge in [0.15, 0.2) is 0 Å². The zero-order valence-corrected chi connectivity index (χ0v) is 14.9. The first-order valence-electron chi connectivity index (χ1n) is 8.94. The SMILES string of the molecule is CN1CCCC(NC(=O)N2CCN(CCCOCC(F)(F)F)CC2)C1. The summed E-state index contributed by atoms with van der Waals surface area (Å²) in [5.41, 5.74) is 0. The number of urea groups is 1. The first-order valence-corrected chi connectivity index (χ1v) is 8.94. The molecule has 0 bridgehead atoms. The van der Waals surface area contributed by atoms with Gasteiger partial charge < -0.3 is 19.9 Å². The second-order valence-electron chi connectivity index (χ2n) is 6.90. The molecule has 2 aliphatic heterocycles. The first-order chi connectivity index (χ1) is 11.8. The lowest BCUT2D eigenvalue weighted by Crippen LogP contribution is -2.55. The fourth-order valence-corrected chi connectivity index (χ4v) is 3.30. The molecule has 1 N–H and O–H groups in total. The number of piperidine rings is 1. The molecule has 1 atom stereocenters. The maximum atomic E-state index is 12.3. The van der Waals surface area contributed by atoms with Crippen LogP contribution in [0.3, 0.4) is 0 Å². The van der Waals surface area contributed by atoms with E-state index in [1.165, 1.54) is 0 Å². The lowest BCUT2D eigenvalue weighted by molar-refractivity contribution is -0.174. The molecule has 0 spiro atoms. The van der Waals surface area contributed by atoms with E-state index in [0.717, 1.165) is 39.0 Å². The normalized spacial score (nSPS) is 23.7. The monoisotopic (exact) mass is 366 g/mol. The molecule has 6 nitrogen and oxygen atoms in total. The van der Waals surface area contributed by atoms with Gasteiger partial charge in [-0.05, 0) is 32.9 Å². The van der Waals surface area contributed by atoms with Crippen LogP contribution in [0.4, 0.5) is 18.0 Å². The van der Waals surface area contributed by atoms with Gasteiger partial charge in [-0.2, -0.15) is 13.2 Å². The van der Waals surface area contributed by atoms with E-state index >= 15 is 0 Å². The number of likely N-dealkylation sites (N-methyl/N-ethyl adjacent to an activating group) is 1. The summed E-state index contributed by atoms with van der Waals surface area (Å²) in [5, 5.41) is 3.11. The third-order valence-corrected chi connectivity index (χ3v) is 4.64. The number of nitrogens with zero attached hydrogens (tertiary/aromatic N) is 3. The average molecular weight is 366 g/mol. The third kappa shape index (κ3) is 7.79. The minimum Gasteiger partial charge on any atom is -0.372 e. The van der Waals surface area contributed by atoms with Gasteiger partial charge in [-0.3, -0.25) is 4.90 Å². The lowest BCUT2D eigenvalue weighted by atomic mass is 10.1. The highest BCUT2D eigenvalue weighted by molar-refractivity contribution is 5.74. The van der Waals surface area contributed by atoms with Crippen LogP contribution in [-0.2, 0) is 4.74 Å². The van der Waals surface area contributed by atoms with E-state index < -0.39 is 12.8 Å². The molecule has 0 saturated carbocycles. The van der Waals surface area contributed by atoms with E-state index in [4.69, 9.17) is 0 Å². The Kier molecular flexibility index (Phi) is 7.77. The number of carbonyl (C=O) groups excluding carboxylic acids is 1. The van der Waals surface area contributed by atoms with Gasteiger partial charge in [0.25, 0.3) is 0 Å². The zero-order chi connectivity index (χ0) is 18.3. The molecule has 2 fully saturated rings. The minimum atomic E-state index is -4.26. The molecule has 1 unspecified atom stereocenters. The molecule has 0 aromatic rings. The molecule has 25 heavy (non-hydrogen) atoms. The van der Waals surface area contributed by atoms with Gasteiger partial charge >= 0.3 is 12.2 Å². The van der Waals surface area contributed by atoms with Crippen molar-refractivity contribution in [3.05, 3.63) is 0 Å². The molecule has 2 heterocycles. The van der Waals surface area contributed by atoms with Gasteiger partial charge in [0.05, 0.1) is 0 Å². The maximum Gasteiger partial charge on any atom is 0.411 e. The standard InChI is InChI=1S/C16H29F3N4O2/c1-21-5-2-4-14(12-21)20-15(24)23-9-7-22(8-10-23)6-3-11-25-13-16(17,18)19/h14H,2-13H2,1H3,(H,20,24). The Morgan fingerprint density at radius 2 is 1.92 bits per heavy atom. The van der Waals surface area contributed by atoms with Crippen molar-refractivity contribution in [2.24, 2.45) is 0 Å². The van der Waals surface area contributed by atoms with Crippen LogP contribution in [0.15, 0.2) is 0 Å². The molecule has 0 aliphatic carbocycles. The number of hydrogen-bond donors (Lipinski definition) is 1. The van der Waals surface area contributed by atoms with Crippen LogP contribution >= 0.6 is 0 Å². The summed E-state index contributed by atoms with van der Waals surface area (Å²) in [4.78, 5) is 18.5. The van der Waals surface area contributed by atoms with Crippen LogP contribution in [-0.4, -0.2) is 99.0 Å². The van der Waals surface area contributed by atoms with Gasteiger partial charge in [0, 0.05) is 51.9 Å². The van der Waals surface area contributed by atoms with Gasteiger partial charge in [-0.15, -0.1) is 0 Å². The summed E-state index contributed by atoms with van der Waals surface area (Å²) >= 11 is 0. The van der Waals surface area contributed by atoms with Gasteiger partial charge in [0.2, 0.25) is 0 Å². The number of amides is 2. The van der Waals surface area contributed by atoms with Crippen molar-refractivity contribution in [2.75, 3.05) is 66.1 Å². The van der Waals surface area contributed by atoms with Crippen LogP contribution in [0.25, 0.3) is 0 Å². The molecule has 2 saturated heterocycles. The number of hydrogen-bond acceptors (Lipinski definition) is 4. The average Bonchev–Trinajstić information content (AvgIpc) is 2.54. The number of nitrogens with one attached hydrogen (secondary N) is 1. The molecular formula is C16H29F3N4O2. The van der Waals surface area contributed by atoms with E-state index in [-0.39, 0.29) is 18.7 Å². The van der Waals surface area contributed by atoms with E-state index in [2.05, 4.69) is 26.9 Å². The number of likely N-dealkylation sites (tertiary alicyclic amines) is 1. The Hall–Kier alpha value is -1.06. The van der Waals surface area contributed by atoms with Crippen molar-refractivity contribution in [1.82, 2.24) is 20.0 Å². The van der Waals surface area contributed by atoms with Crippen molar-refractivity contribution < 1.29 is 22.7 Å².